The van der Waals surface area contributed by atoms with Crippen molar-refractivity contribution in [2.24, 2.45) is 0 Å². The molecule has 7 nitrogen and oxygen atoms in total. The number of aromatic nitrogens is 3. The van der Waals surface area contributed by atoms with Crippen LogP contribution in [0.2, 0.25) is 0 Å². The Morgan fingerprint density at radius 1 is 1.21 bits per heavy atom. The Bertz CT molecular complexity index is 1050. The number of nitrogens with zero attached hydrogens (tertiary/aromatic N) is 4. The molecule has 5 rings (SSSR count). The number of nitrogens with one attached hydrogen (secondary N) is 1. The van der Waals surface area contributed by atoms with Crippen LogP contribution in [-0.4, -0.2) is 44.4 Å². The van der Waals surface area contributed by atoms with Crippen molar-refractivity contribution in [3.8, 4) is 0 Å². The lowest BCUT2D eigenvalue weighted by Crippen LogP contribution is -2.38. The van der Waals surface area contributed by atoms with Crippen molar-refractivity contribution in [2.45, 2.75) is 51.0 Å². The molecule has 0 spiro atoms. The van der Waals surface area contributed by atoms with Gasteiger partial charge in [-0.15, -0.1) is 0 Å². The summed E-state index contributed by atoms with van der Waals surface area (Å²) in [5.74, 6) is 1.69. The van der Waals surface area contributed by atoms with E-state index >= 15 is 0 Å². The molecule has 0 bridgehead atoms. The largest absolute Gasteiger partial charge is 0.442 e. The summed E-state index contributed by atoms with van der Waals surface area (Å²) in [5.41, 5.74) is 2.22. The molecule has 1 aliphatic carbocycles. The first-order chi connectivity index (χ1) is 14.0. The SMILES string of the molecule is Cc1oc2ncnc(NC3(C)CC3)c2c1C(=O)N1CCC(c2ccccn2)CC1. The van der Waals surface area contributed by atoms with E-state index in [0.29, 0.717) is 47.2 Å². The smallest absolute Gasteiger partial charge is 0.258 e. The number of furan rings is 1. The highest BCUT2D eigenvalue weighted by Crippen LogP contribution is 2.40. The molecule has 1 saturated carbocycles. The molecular weight excluding hydrogens is 366 g/mol. The normalized spacial score (nSPS) is 18.8. The molecule has 2 fully saturated rings. The van der Waals surface area contributed by atoms with Gasteiger partial charge in [-0.25, -0.2) is 9.97 Å². The molecule has 1 aliphatic heterocycles. The summed E-state index contributed by atoms with van der Waals surface area (Å²) in [6.45, 7) is 5.41. The number of aryl methyl sites for hydroxylation is 1. The highest BCUT2D eigenvalue weighted by atomic mass is 16.3. The van der Waals surface area contributed by atoms with Crippen molar-refractivity contribution < 1.29 is 9.21 Å². The third-order valence-corrected chi connectivity index (χ3v) is 6.19. The summed E-state index contributed by atoms with van der Waals surface area (Å²) in [6.07, 6.45) is 7.35. The van der Waals surface area contributed by atoms with Gasteiger partial charge in [-0.1, -0.05) is 6.07 Å². The second-order valence-electron chi connectivity index (χ2n) is 8.44. The molecule has 1 saturated heterocycles. The second-order valence-corrected chi connectivity index (χ2v) is 8.44. The summed E-state index contributed by atoms with van der Waals surface area (Å²) in [5, 5.41) is 4.19. The van der Waals surface area contributed by atoms with Crippen molar-refractivity contribution >= 4 is 22.8 Å². The lowest BCUT2D eigenvalue weighted by Gasteiger charge is -2.31. The average Bonchev–Trinajstić information content (AvgIpc) is 3.36. The highest BCUT2D eigenvalue weighted by Gasteiger charge is 2.39. The van der Waals surface area contributed by atoms with Gasteiger partial charge in [-0.3, -0.25) is 9.78 Å². The van der Waals surface area contributed by atoms with Crippen LogP contribution in [0, 0.1) is 6.92 Å². The minimum absolute atomic E-state index is 0.000444. The molecular formula is C22H25N5O2. The molecule has 2 aliphatic rings. The van der Waals surface area contributed by atoms with Crippen molar-refractivity contribution in [2.75, 3.05) is 18.4 Å². The van der Waals surface area contributed by atoms with Crippen molar-refractivity contribution in [3.63, 3.8) is 0 Å². The minimum atomic E-state index is -0.000444. The highest BCUT2D eigenvalue weighted by molar-refractivity contribution is 6.10. The fraction of sp³-hybridized carbons (Fsp3) is 0.455. The molecule has 3 aromatic heterocycles. The Morgan fingerprint density at radius 2 is 2.00 bits per heavy atom. The van der Waals surface area contributed by atoms with E-state index < -0.39 is 0 Å². The fourth-order valence-corrected chi connectivity index (χ4v) is 4.15. The van der Waals surface area contributed by atoms with Gasteiger partial charge >= 0.3 is 0 Å². The lowest BCUT2D eigenvalue weighted by atomic mass is 9.92. The summed E-state index contributed by atoms with van der Waals surface area (Å²) in [7, 11) is 0. The minimum Gasteiger partial charge on any atom is -0.442 e. The Labute approximate surface area is 169 Å². The summed E-state index contributed by atoms with van der Waals surface area (Å²) >= 11 is 0. The van der Waals surface area contributed by atoms with Crippen LogP contribution in [0.4, 0.5) is 5.82 Å². The van der Waals surface area contributed by atoms with Crippen LogP contribution >= 0.6 is 0 Å². The standard InChI is InChI=1S/C22H25N5O2/c1-14-17(18-19(26-22(2)8-9-22)24-13-25-20(18)29-14)21(28)27-11-6-15(7-12-27)16-5-3-4-10-23-16/h3-5,10,13,15H,6-9,11-12H2,1-2H3,(H,24,25,26). The Morgan fingerprint density at radius 3 is 2.69 bits per heavy atom. The average molecular weight is 391 g/mol. The molecule has 0 aromatic carbocycles. The first-order valence-corrected chi connectivity index (χ1v) is 10.3. The van der Waals surface area contributed by atoms with Crippen LogP contribution in [0.3, 0.4) is 0 Å². The van der Waals surface area contributed by atoms with Gasteiger partial charge < -0.3 is 14.6 Å². The Kier molecular flexibility index (Phi) is 4.26. The molecule has 1 N–H and O–H groups in total. The molecule has 29 heavy (non-hydrogen) atoms. The Balaban J connectivity index is 1.41. The van der Waals surface area contributed by atoms with Crippen LogP contribution in [0.15, 0.2) is 35.1 Å². The quantitative estimate of drug-likeness (QED) is 0.726. The number of rotatable bonds is 4. The zero-order valence-corrected chi connectivity index (χ0v) is 16.8. The van der Waals surface area contributed by atoms with Gasteiger partial charge in [0, 0.05) is 36.4 Å². The van der Waals surface area contributed by atoms with Crippen LogP contribution in [0.1, 0.15) is 60.3 Å². The third kappa shape index (κ3) is 3.34. The van der Waals surface area contributed by atoms with E-state index in [1.165, 1.54) is 6.33 Å². The summed E-state index contributed by atoms with van der Waals surface area (Å²) in [6, 6.07) is 6.03. The first-order valence-electron chi connectivity index (χ1n) is 10.3. The van der Waals surface area contributed by atoms with Gasteiger partial charge in [0.25, 0.3) is 5.91 Å². The number of anilines is 1. The third-order valence-electron chi connectivity index (χ3n) is 6.19. The van der Waals surface area contributed by atoms with E-state index in [9.17, 15) is 4.79 Å². The van der Waals surface area contributed by atoms with Gasteiger partial charge in [0.1, 0.15) is 17.9 Å². The number of pyridine rings is 1. The lowest BCUT2D eigenvalue weighted by molar-refractivity contribution is 0.0712. The number of piperidine rings is 1. The second kappa shape index (κ2) is 6.83. The van der Waals surface area contributed by atoms with E-state index in [1.807, 2.05) is 30.2 Å². The first kappa shape index (κ1) is 18.1. The van der Waals surface area contributed by atoms with E-state index in [0.717, 1.165) is 31.4 Å². The zero-order chi connectivity index (χ0) is 20.0. The maximum absolute atomic E-state index is 13.4. The molecule has 3 aromatic rings. The molecule has 7 heteroatoms. The molecule has 0 unspecified atom stereocenters. The van der Waals surface area contributed by atoms with Gasteiger partial charge in [0.15, 0.2) is 0 Å². The van der Waals surface area contributed by atoms with Crippen molar-refractivity contribution in [1.82, 2.24) is 19.9 Å². The van der Waals surface area contributed by atoms with Gasteiger partial charge in [0.05, 0.1) is 10.9 Å². The van der Waals surface area contributed by atoms with E-state index in [2.05, 4.69) is 33.3 Å². The monoisotopic (exact) mass is 391 g/mol. The van der Waals surface area contributed by atoms with E-state index in [1.54, 1.807) is 0 Å². The zero-order valence-electron chi connectivity index (χ0n) is 16.8. The molecule has 150 valence electrons. The van der Waals surface area contributed by atoms with Crippen molar-refractivity contribution in [3.05, 3.63) is 47.7 Å². The number of hydrogen-bond donors (Lipinski definition) is 1. The van der Waals surface area contributed by atoms with Crippen LogP contribution < -0.4 is 5.32 Å². The predicted octanol–water partition coefficient (Wildman–Crippen LogP) is 3.91. The maximum atomic E-state index is 13.4. The van der Waals surface area contributed by atoms with Crippen LogP contribution in [-0.2, 0) is 0 Å². The van der Waals surface area contributed by atoms with Gasteiger partial charge in [-0.2, -0.15) is 0 Å². The number of amides is 1. The fourth-order valence-electron chi connectivity index (χ4n) is 4.15. The number of carbonyl (C=O) groups excluding carboxylic acids is 1. The number of hydrogen-bond acceptors (Lipinski definition) is 6. The number of likely N-dealkylation sites (tertiary alicyclic amines) is 1. The Hall–Kier alpha value is -2.96. The van der Waals surface area contributed by atoms with Crippen LogP contribution in [0.25, 0.3) is 11.1 Å². The molecule has 4 heterocycles. The van der Waals surface area contributed by atoms with E-state index in [4.69, 9.17) is 4.42 Å². The predicted molar refractivity (Wildman–Crippen MR) is 110 cm³/mol. The van der Waals surface area contributed by atoms with Gasteiger partial charge in [0.2, 0.25) is 5.71 Å². The van der Waals surface area contributed by atoms with Crippen LogP contribution in [0.5, 0.6) is 0 Å². The molecule has 0 radical (unpaired) electrons. The van der Waals surface area contributed by atoms with Gasteiger partial charge in [-0.05, 0) is 51.7 Å². The number of fused-ring (bicyclic) bond motifs is 1. The molecule has 1 amide bonds. The maximum Gasteiger partial charge on any atom is 0.258 e. The molecule has 0 atom stereocenters. The van der Waals surface area contributed by atoms with Crippen molar-refractivity contribution in [1.29, 1.82) is 0 Å². The number of carbonyl (C=O) groups is 1. The summed E-state index contributed by atoms with van der Waals surface area (Å²) in [4.78, 5) is 28.5. The van der Waals surface area contributed by atoms with E-state index in [-0.39, 0.29) is 11.4 Å². The topological polar surface area (TPSA) is 84.2 Å². The summed E-state index contributed by atoms with van der Waals surface area (Å²) < 4.78 is 5.83.